The topological polar surface area (TPSA) is 73.9 Å². The van der Waals surface area contributed by atoms with Crippen LogP contribution in [0.1, 0.15) is 47.5 Å². The Kier molecular flexibility index (Phi) is 9.78. The number of rotatable bonds is 12. The van der Waals surface area contributed by atoms with Crippen LogP contribution in [0.25, 0.3) is 18.2 Å². The smallest absolute Gasteiger partial charge is 0.737 e. The molecule has 2 aliphatic rings. The summed E-state index contributed by atoms with van der Waals surface area (Å²) >= 11 is 1.45. The molecule has 0 bridgehead atoms. The number of hydrogen-bond acceptors (Lipinski definition) is 3. The van der Waals surface area contributed by atoms with E-state index in [2.05, 4.69) is 11.1 Å². The van der Waals surface area contributed by atoms with E-state index in [1.807, 2.05) is 29.6 Å². The number of nitrogens with one attached hydrogen (secondary N) is 1. The highest BCUT2D eigenvalue weighted by atomic mass is 35.5. The summed E-state index contributed by atoms with van der Waals surface area (Å²) in [6.45, 7) is -2.53. The van der Waals surface area contributed by atoms with Crippen molar-refractivity contribution < 1.29 is 40.8 Å². The molecular formula is C29H32BClF2N4O2S. The number of allylic oxidation sites excluding steroid dienone is 2. The van der Waals surface area contributed by atoms with Gasteiger partial charge in [-0.15, -0.1) is 11.3 Å². The van der Waals surface area contributed by atoms with Crippen molar-refractivity contribution in [3.8, 4) is 5.75 Å². The highest BCUT2D eigenvalue weighted by Crippen LogP contribution is 2.34. The maximum atomic E-state index is 15.9. The average Bonchev–Trinajstić information content (AvgIpc) is 3.69. The molecule has 2 aromatic heterocycles. The number of fused-ring (bicyclic) bond motifs is 2. The first-order valence-electron chi connectivity index (χ1n) is 13.3. The molecule has 210 valence electrons. The lowest BCUT2D eigenvalue weighted by Gasteiger charge is -2.30. The molecule has 0 radical (unpaired) electrons. The van der Waals surface area contributed by atoms with Crippen LogP contribution in [0, 0.1) is 0 Å². The molecular weight excluding hydrogens is 553 g/mol. The molecule has 40 heavy (non-hydrogen) atoms. The number of thiophene rings is 1. The van der Waals surface area contributed by atoms with E-state index in [9.17, 15) is 4.79 Å². The van der Waals surface area contributed by atoms with Crippen LogP contribution < -0.4 is 28.2 Å². The summed E-state index contributed by atoms with van der Waals surface area (Å²) < 4.78 is 39.7. The van der Waals surface area contributed by atoms with Gasteiger partial charge in [-0.2, -0.15) is 0 Å². The molecule has 5 rings (SSSR count). The van der Waals surface area contributed by atoms with Crippen LogP contribution in [-0.4, -0.2) is 47.2 Å². The number of unbranched alkanes of at least 4 members (excludes halogenated alkanes) is 3. The van der Waals surface area contributed by atoms with Gasteiger partial charge in [0.05, 0.1) is 11.4 Å². The minimum atomic E-state index is -4.08. The van der Waals surface area contributed by atoms with Gasteiger partial charge in [0.2, 0.25) is 0 Å². The van der Waals surface area contributed by atoms with Crippen LogP contribution in [0.5, 0.6) is 5.75 Å². The first-order valence-corrected chi connectivity index (χ1v) is 14.2. The molecule has 2 aliphatic heterocycles. The second kappa shape index (κ2) is 13.3. The fourth-order valence-electron chi connectivity index (χ4n) is 4.85. The SMILES string of the molecule is [Cl-].[NH3+]CCCCCCNC(=O)COc1ccc(/C=C/c2ccc3n2[B-](F)(F)[N+]2=C(c4cccs4)C=CC2=C3)cc1. The zero-order valence-corrected chi connectivity index (χ0v) is 23.6. The second-order valence-corrected chi connectivity index (χ2v) is 10.5. The van der Waals surface area contributed by atoms with E-state index in [4.69, 9.17) is 4.74 Å². The molecule has 0 aliphatic carbocycles. The van der Waals surface area contributed by atoms with Crippen LogP contribution in [0.2, 0.25) is 0 Å². The molecule has 0 atom stereocenters. The summed E-state index contributed by atoms with van der Waals surface area (Å²) in [5, 5.41) is 4.76. The Labute approximate surface area is 243 Å². The first kappa shape index (κ1) is 29.5. The highest BCUT2D eigenvalue weighted by molar-refractivity contribution is 7.12. The standard InChI is InChI=1S/C29H31BF2N4O2S.ClH/c31-30(32)35-23(11-12-24(35)20-25-13-16-27(36(25)30)28-6-5-19-39-28)10-7-22-8-14-26(15-9-22)38-21-29(37)34-18-4-2-1-3-17-33;/h5-16,19-20H,1-4,17-18,21,33H2,(H,34,37);1H/b10-7+;. The van der Waals surface area contributed by atoms with Gasteiger partial charge in [0.15, 0.2) is 18.0 Å². The van der Waals surface area contributed by atoms with E-state index in [0.29, 0.717) is 35.1 Å². The quantitative estimate of drug-likeness (QED) is 0.251. The van der Waals surface area contributed by atoms with Gasteiger partial charge < -0.3 is 45.8 Å². The molecule has 0 fully saturated rings. The van der Waals surface area contributed by atoms with Gasteiger partial charge in [-0.25, -0.2) is 0 Å². The number of halogens is 3. The number of benzene rings is 1. The van der Waals surface area contributed by atoms with Crippen molar-refractivity contribution >= 4 is 48.2 Å². The van der Waals surface area contributed by atoms with Crippen molar-refractivity contribution in [2.45, 2.75) is 25.7 Å². The number of carbonyl (C=O) groups excluding carboxylic acids is 1. The summed E-state index contributed by atoms with van der Waals surface area (Å²) in [5.41, 5.74) is 6.58. The van der Waals surface area contributed by atoms with Crippen molar-refractivity contribution in [3.05, 3.63) is 93.6 Å². The normalized spacial score (nSPS) is 15.0. The molecule has 3 aromatic rings. The Balaban J connectivity index is 0.00000370. The monoisotopic (exact) mass is 584 g/mol. The zero-order valence-electron chi connectivity index (χ0n) is 22.1. The van der Waals surface area contributed by atoms with Crippen LogP contribution in [0.3, 0.4) is 0 Å². The van der Waals surface area contributed by atoms with E-state index in [1.165, 1.54) is 11.3 Å². The minimum absolute atomic E-state index is 0. The van der Waals surface area contributed by atoms with Crippen molar-refractivity contribution in [1.29, 1.82) is 0 Å². The number of quaternary nitrogens is 1. The van der Waals surface area contributed by atoms with E-state index < -0.39 is 6.97 Å². The van der Waals surface area contributed by atoms with Crippen molar-refractivity contribution in [1.82, 2.24) is 9.79 Å². The fourth-order valence-corrected chi connectivity index (χ4v) is 5.60. The molecule has 0 saturated carbocycles. The molecule has 4 N–H and O–H groups in total. The molecule has 0 unspecified atom stereocenters. The van der Waals surface area contributed by atoms with Gasteiger partial charge in [-0.3, -0.25) is 4.79 Å². The number of hydrogen-bond donors (Lipinski definition) is 2. The summed E-state index contributed by atoms with van der Waals surface area (Å²) in [5.74, 6) is 0.422. The van der Waals surface area contributed by atoms with E-state index in [1.54, 1.807) is 54.6 Å². The second-order valence-electron chi connectivity index (χ2n) is 9.59. The molecule has 1 aromatic carbocycles. The van der Waals surface area contributed by atoms with Crippen molar-refractivity contribution in [2.75, 3.05) is 19.7 Å². The van der Waals surface area contributed by atoms with Crippen LogP contribution in [0.15, 0.2) is 71.8 Å². The number of amides is 1. The third-order valence-corrected chi connectivity index (χ3v) is 7.71. The fraction of sp³-hybridized carbons (Fsp3) is 0.241. The van der Waals surface area contributed by atoms with E-state index in [-0.39, 0.29) is 24.9 Å². The van der Waals surface area contributed by atoms with Crippen molar-refractivity contribution in [3.63, 3.8) is 0 Å². The summed E-state index contributed by atoms with van der Waals surface area (Å²) in [7, 11) is 0. The molecule has 11 heteroatoms. The lowest BCUT2D eigenvalue weighted by Crippen LogP contribution is -3.00. The first-order chi connectivity index (χ1) is 19.0. The van der Waals surface area contributed by atoms with Gasteiger partial charge >= 0.3 is 6.97 Å². The van der Waals surface area contributed by atoms with E-state index in [0.717, 1.165) is 51.6 Å². The molecule has 6 nitrogen and oxygen atoms in total. The predicted molar refractivity (Wildman–Crippen MR) is 154 cm³/mol. The lowest BCUT2D eigenvalue weighted by atomic mass is 9.90. The zero-order chi connectivity index (χ0) is 27.2. The highest BCUT2D eigenvalue weighted by Gasteiger charge is 2.52. The van der Waals surface area contributed by atoms with Crippen molar-refractivity contribution in [2.24, 2.45) is 0 Å². The van der Waals surface area contributed by atoms with Gasteiger partial charge in [0.25, 0.3) is 5.91 Å². The van der Waals surface area contributed by atoms with Gasteiger partial charge in [0.1, 0.15) is 5.75 Å². The summed E-state index contributed by atoms with van der Waals surface area (Å²) in [6.07, 6.45) is 13.1. The Hall–Kier alpha value is -3.47. The van der Waals surface area contributed by atoms with Crippen LogP contribution in [0.4, 0.5) is 8.63 Å². The molecule has 4 heterocycles. The third-order valence-electron chi connectivity index (χ3n) is 6.82. The maximum Gasteiger partial charge on any atom is 0.737 e. The Morgan fingerprint density at radius 3 is 2.60 bits per heavy atom. The lowest BCUT2D eigenvalue weighted by molar-refractivity contribution is -0.368. The van der Waals surface area contributed by atoms with Crippen LogP contribution in [-0.2, 0) is 4.79 Å². The Bertz CT molecular complexity index is 1450. The van der Waals surface area contributed by atoms with Crippen LogP contribution >= 0.6 is 11.3 Å². The minimum Gasteiger partial charge on any atom is -1.00 e. The molecule has 0 spiro atoms. The molecule has 0 saturated heterocycles. The largest absolute Gasteiger partial charge is 1.00 e. The molecule has 1 amide bonds. The van der Waals surface area contributed by atoms with Gasteiger partial charge in [-0.05, 0) is 66.6 Å². The Morgan fingerprint density at radius 2 is 1.85 bits per heavy atom. The van der Waals surface area contributed by atoms with Gasteiger partial charge in [0, 0.05) is 36.2 Å². The summed E-state index contributed by atoms with van der Waals surface area (Å²) in [4.78, 5) is 12.8. The number of nitrogens with zero attached hydrogens (tertiary/aromatic N) is 2. The van der Waals surface area contributed by atoms with E-state index >= 15 is 8.63 Å². The predicted octanol–water partition coefficient (Wildman–Crippen LogP) is 1.67. The Morgan fingerprint density at radius 1 is 1.05 bits per heavy atom. The maximum absolute atomic E-state index is 15.9. The average molecular weight is 585 g/mol. The summed E-state index contributed by atoms with van der Waals surface area (Å²) in [6, 6.07) is 14.4. The number of aromatic nitrogens is 1. The number of ether oxygens (including phenoxy) is 1. The van der Waals surface area contributed by atoms with Gasteiger partial charge in [-0.1, -0.05) is 30.7 Å². The number of carbonyl (C=O) groups is 1. The third kappa shape index (κ3) is 6.46.